The number of carboxylic acids is 1. The predicted octanol–water partition coefficient (Wildman–Crippen LogP) is 1.65. The minimum Gasteiger partial charge on any atom is -0.481 e. The van der Waals surface area contributed by atoms with Gasteiger partial charge < -0.3 is 10.4 Å². The third kappa shape index (κ3) is 2.93. The SMILES string of the molecule is CSc1nc(C(=O)NC(C)CC(=O)O)c2ccccn12. The van der Waals surface area contributed by atoms with Crippen LogP contribution in [0, 0.1) is 0 Å². The van der Waals surface area contributed by atoms with Crippen LogP contribution in [0.25, 0.3) is 5.52 Å². The second kappa shape index (κ2) is 5.96. The number of thioether (sulfide) groups is 1. The highest BCUT2D eigenvalue weighted by Gasteiger charge is 2.19. The van der Waals surface area contributed by atoms with E-state index in [0.717, 1.165) is 5.16 Å². The highest BCUT2D eigenvalue weighted by atomic mass is 32.2. The first-order valence-corrected chi connectivity index (χ1v) is 7.29. The maximum Gasteiger partial charge on any atom is 0.305 e. The number of pyridine rings is 1. The molecule has 0 spiro atoms. The van der Waals surface area contributed by atoms with Crippen molar-refractivity contribution in [2.24, 2.45) is 0 Å². The number of amides is 1. The van der Waals surface area contributed by atoms with Gasteiger partial charge in [-0.25, -0.2) is 4.98 Å². The summed E-state index contributed by atoms with van der Waals surface area (Å²) in [4.78, 5) is 27.1. The van der Waals surface area contributed by atoms with E-state index in [-0.39, 0.29) is 12.3 Å². The number of fused-ring (bicyclic) bond motifs is 1. The van der Waals surface area contributed by atoms with E-state index in [1.165, 1.54) is 11.8 Å². The van der Waals surface area contributed by atoms with Crippen LogP contribution >= 0.6 is 11.8 Å². The largest absolute Gasteiger partial charge is 0.481 e. The Morgan fingerprint density at radius 1 is 1.50 bits per heavy atom. The highest BCUT2D eigenvalue weighted by Crippen LogP contribution is 2.19. The van der Waals surface area contributed by atoms with Gasteiger partial charge in [-0.1, -0.05) is 17.8 Å². The third-order valence-electron chi connectivity index (χ3n) is 2.77. The van der Waals surface area contributed by atoms with Crippen molar-refractivity contribution in [1.82, 2.24) is 14.7 Å². The van der Waals surface area contributed by atoms with Gasteiger partial charge in [-0.3, -0.25) is 14.0 Å². The van der Waals surface area contributed by atoms with Crippen LogP contribution < -0.4 is 5.32 Å². The van der Waals surface area contributed by atoms with Gasteiger partial charge in [0, 0.05) is 12.2 Å². The number of aliphatic carboxylic acids is 1. The molecule has 20 heavy (non-hydrogen) atoms. The molecule has 0 aliphatic rings. The summed E-state index contributed by atoms with van der Waals surface area (Å²) >= 11 is 1.44. The molecule has 1 atom stereocenters. The van der Waals surface area contributed by atoms with Gasteiger partial charge in [-0.05, 0) is 25.3 Å². The van der Waals surface area contributed by atoms with Gasteiger partial charge >= 0.3 is 5.97 Å². The molecular weight excluding hydrogens is 278 g/mol. The number of hydrogen-bond acceptors (Lipinski definition) is 4. The smallest absolute Gasteiger partial charge is 0.305 e. The van der Waals surface area contributed by atoms with Gasteiger partial charge in [0.05, 0.1) is 11.9 Å². The van der Waals surface area contributed by atoms with Crippen LogP contribution in [0.15, 0.2) is 29.6 Å². The lowest BCUT2D eigenvalue weighted by molar-refractivity contribution is -0.137. The fourth-order valence-electron chi connectivity index (χ4n) is 1.93. The molecule has 2 heterocycles. The maximum atomic E-state index is 12.2. The minimum atomic E-state index is -0.947. The van der Waals surface area contributed by atoms with Gasteiger partial charge in [0.2, 0.25) is 0 Å². The number of carbonyl (C=O) groups excluding carboxylic acids is 1. The van der Waals surface area contributed by atoms with Crippen LogP contribution in [-0.2, 0) is 4.79 Å². The number of hydrogen-bond donors (Lipinski definition) is 2. The third-order valence-corrected chi connectivity index (χ3v) is 3.43. The summed E-state index contributed by atoms with van der Waals surface area (Å²) in [5, 5.41) is 12.1. The van der Waals surface area contributed by atoms with E-state index >= 15 is 0 Å². The van der Waals surface area contributed by atoms with Crippen LogP contribution in [0.4, 0.5) is 0 Å². The summed E-state index contributed by atoms with van der Waals surface area (Å²) < 4.78 is 1.83. The molecule has 106 valence electrons. The minimum absolute atomic E-state index is 0.118. The monoisotopic (exact) mass is 293 g/mol. The van der Waals surface area contributed by atoms with Gasteiger partial charge in [-0.15, -0.1) is 0 Å². The van der Waals surface area contributed by atoms with E-state index in [2.05, 4.69) is 10.3 Å². The Labute approximate surface area is 120 Å². The molecule has 0 aliphatic carbocycles. The number of rotatable bonds is 5. The lowest BCUT2D eigenvalue weighted by Gasteiger charge is -2.10. The lowest BCUT2D eigenvalue weighted by atomic mass is 10.2. The van der Waals surface area contributed by atoms with Crippen molar-refractivity contribution in [3.63, 3.8) is 0 Å². The van der Waals surface area contributed by atoms with Gasteiger partial charge in [-0.2, -0.15) is 0 Å². The van der Waals surface area contributed by atoms with Crippen molar-refractivity contribution in [3.05, 3.63) is 30.1 Å². The first-order valence-electron chi connectivity index (χ1n) is 6.06. The Hall–Kier alpha value is -2.02. The molecule has 0 aromatic carbocycles. The van der Waals surface area contributed by atoms with E-state index in [9.17, 15) is 9.59 Å². The molecule has 1 unspecified atom stereocenters. The van der Waals surface area contributed by atoms with E-state index in [4.69, 9.17) is 5.11 Å². The molecule has 2 aromatic rings. The van der Waals surface area contributed by atoms with Crippen molar-refractivity contribution < 1.29 is 14.7 Å². The number of aromatic nitrogens is 2. The van der Waals surface area contributed by atoms with Crippen LogP contribution in [-0.4, -0.2) is 38.7 Å². The molecule has 2 N–H and O–H groups in total. The van der Waals surface area contributed by atoms with E-state index in [1.54, 1.807) is 6.92 Å². The molecule has 2 aromatic heterocycles. The number of imidazole rings is 1. The van der Waals surface area contributed by atoms with Gasteiger partial charge in [0.1, 0.15) is 0 Å². The molecule has 0 fully saturated rings. The van der Waals surface area contributed by atoms with Crippen LogP contribution in [0.3, 0.4) is 0 Å². The van der Waals surface area contributed by atoms with Gasteiger partial charge in [0.15, 0.2) is 10.9 Å². The summed E-state index contributed by atoms with van der Waals surface area (Å²) in [6.45, 7) is 1.65. The number of carboxylic acid groups (broad SMARTS) is 1. The number of nitrogens with zero attached hydrogens (tertiary/aromatic N) is 2. The molecule has 0 saturated heterocycles. The molecule has 6 nitrogen and oxygen atoms in total. The van der Waals surface area contributed by atoms with Gasteiger partial charge in [0.25, 0.3) is 5.91 Å². The van der Waals surface area contributed by atoms with E-state index in [1.807, 2.05) is 35.1 Å². The average molecular weight is 293 g/mol. The quantitative estimate of drug-likeness (QED) is 0.819. The van der Waals surface area contributed by atoms with Crippen molar-refractivity contribution >= 4 is 29.2 Å². The topological polar surface area (TPSA) is 83.7 Å². The van der Waals surface area contributed by atoms with Crippen molar-refractivity contribution in [2.45, 2.75) is 24.5 Å². The maximum absolute atomic E-state index is 12.2. The first-order chi connectivity index (χ1) is 9.52. The molecule has 1 amide bonds. The molecule has 2 rings (SSSR count). The summed E-state index contributed by atoms with van der Waals surface area (Å²) in [6.07, 6.45) is 3.61. The highest BCUT2D eigenvalue weighted by molar-refractivity contribution is 7.98. The Bertz CT molecular complexity index is 653. The Balaban J connectivity index is 2.28. The van der Waals surface area contributed by atoms with Crippen LogP contribution in [0.2, 0.25) is 0 Å². The molecular formula is C13H15N3O3S. The summed E-state index contributed by atoms with van der Waals surface area (Å²) in [6, 6.07) is 5.06. The molecule has 0 aliphatic heterocycles. The van der Waals surface area contributed by atoms with E-state index < -0.39 is 12.0 Å². The zero-order valence-electron chi connectivity index (χ0n) is 11.2. The average Bonchev–Trinajstić information content (AvgIpc) is 2.76. The molecule has 0 radical (unpaired) electrons. The summed E-state index contributed by atoms with van der Waals surface area (Å²) in [5.41, 5.74) is 1.02. The zero-order valence-corrected chi connectivity index (χ0v) is 12.0. The lowest BCUT2D eigenvalue weighted by Crippen LogP contribution is -2.34. The Morgan fingerprint density at radius 2 is 2.25 bits per heavy atom. The Kier molecular flexibility index (Phi) is 4.29. The molecule has 0 bridgehead atoms. The van der Waals surface area contributed by atoms with Crippen molar-refractivity contribution in [2.75, 3.05) is 6.26 Å². The Morgan fingerprint density at radius 3 is 2.90 bits per heavy atom. The standard InChI is InChI=1S/C13H15N3O3S/c1-8(7-10(17)18)14-12(19)11-9-5-3-4-6-16(9)13(15-11)20-2/h3-6,8H,7H2,1-2H3,(H,14,19)(H,17,18). The van der Waals surface area contributed by atoms with E-state index in [0.29, 0.717) is 11.2 Å². The second-order valence-corrected chi connectivity index (χ2v) is 5.15. The van der Waals surface area contributed by atoms with Crippen molar-refractivity contribution in [3.8, 4) is 0 Å². The summed E-state index contributed by atoms with van der Waals surface area (Å²) in [5.74, 6) is -1.31. The number of carbonyl (C=O) groups is 2. The fraction of sp³-hybridized carbons (Fsp3) is 0.308. The van der Waals surface area contributed by atoms with Crippen LogP contribution in [0.1, 0.15) is 23.8 Å². The first kappa shape index (κ1) is 14.4. The second-order valence-electron chi connectivity index (χ2n) is 4.38. The summed E-state index contributed by atoms with van der Waals surface area (Å²) in [7, 11) is 0. The zero-order chi connectivity index (χ0) is 14.7. The number of nitrogens with one attached hydrogen (secondary N) is 1. The molecule has 0 saturated carbocycles. The fourth-order valence-corrected chi connectivity index (χ4v) is 2.46. The molecule has 7 heteroatoms. The predicted molar refractivity (Wildman–Crippen MR) is 76.2 cm³/mol. The normalized spacial score (nSPS) is 12.3. The van der Waals surface area contributed by atoms with Crippen LogP contribution in [0.5, 0.6) is 0 Å². The van der Waals surface area contributed by atoms with Crippen molar-refractivity contribution in [1.29, 1.82) is 0 Å².